The Labute approximate surface area is 140 Å². The molecule has 0 aliphatic carbocycles. The van der Waals surface area contributed by atoms with Crippen molar-refractivity contribution in [2.45, 2.75) is 12.5 Å². The number of benzene rings is 1. The van der Waals surface area contributed by atoms with Crippen molar-refractivity contribution in [2.24, 2.45) is 5.73 Å². The quantitative estimate of drug-likeness (QED) is 0.894. The number of thioether (sulfide) groups is 1. The van der Waals surface area contributed by atoms with Crippen molar-refractivity contribution >= 4 is 34.8 Å². The maximum Gasteiger partial charge on any atom is 0.298 e. The molecule has 2 N–H and O–H groups in total. The van der Waals surface area contributed by atoms with E-state index in [1.807, 2.05) is 35.4 Å². The third-order valence-corrected chi connectivity index (χ3v) is 4.74. The van der Waals surface area contributed by atoms with Gasteiger partial charge in [-0.05, 0) is 30.6 Å². The van der Waals surface area contributed by atoms with Crippen molar-refractivity contribution in [3.05, 3.63) is 24.3 Å². The third kappa shape index (κ3) is 3.61. The van der Waals surface area contributed by atoms with Gasteiger partial charge < -0.3 is 20.0 Å². The van der Waals surface area contributed by atoms with Gasteiger partial charge in [0, 0.05) is 26.2 Å². The van der Waals surface area contributed by atoms with Crippen molar-refractivity contribution in [3.63, 3.8) is 0 Å². The van der Waals surface area contributed by atoms with Crippen LogP contribution in [0.4, 0.5) is 6.01 Å². The Hall–Kier alpha value is -1.73. The topological polar surface area (TPSA) is 75.6 Å². The zero-order chi connectivity index (χ0) is 16.2. The Morgan fingerprint density at radius 2 is 2.09 bits per heavy atom. The summed E-state index contributed by atoms with van der Waals surface area (Å²) in [5.41, 5.74) is 7.63. The number of para-hydroxylation sites is 2. The molecule has 1 amide bonds. The van der Waals surface area contributed by atoms with Crippen LogP contribution in [0.5, 0.6) is 0 Å². The molecule has 6 nitrogen and oxygen atoms in total. The Morgan fingerprint density at radius 1 is 1.35 bits per heavy atom. The maximum absolute atomic E-state index is 12.3. The molecule has 124 valence electrons. The van der Waals surface area contributed by atoms with E-state index in [-0.39, 0.29) is 5.91 Å². The van der Waals surface area contributed by atoms with E-state index in [1.165, 1.54) is 0 Å². The predicted molar refractivity (Wildman–Crippen MR) is 93.8 cm³/mol. The first kappa shape index (κ1) is 16.1. The minimum atomic E-state index is -0.390. The molecule has 1 aromatic heterocycles. The van der Waals surface area contributed by atoms with Crippen LogP contribution in [-0.2, 0) is 4.79 Å². The van der Waals surface area contributed by atoms with Crippen LogP contribution in [-0.4, -0.2) is 60.0 Å². The standard InChI is InChI=1S/C16H22N4O2S/c1-23-11-6-12(17)15(21)19-7-9-20(10-8-19)16-18-13-4-2-3-5-14(13)22-16/h2-5,12H,6-11,17H2,1H3/t12-/m0/s1. The van der Waals surface area contributed by atoms with Crippen LogP contribution < -0.4 is 10.6 Å². The van der Waals surface area contributed by atoms with Crippen LogP contribution in [0.1, 0.15) is 6.42 Å². The summed E-state index contributed by atoms with van der Waals surface area (Å²) in [4.78, 5) is 20.8. The van der Waals surface area contributed by atoms with Crippen molar-refractivity contribution in [3.8, 4) is 0 Å². The number of aromatic nitrogens is 1. The minimum Gasteiger partial charge on any atom is -0.423 e. The lowest BCUT2D eigenvalue weighted by Gasteiger charge is -2.35. The Kier molecular flexibility index (Phi) is 5.07. The van der Waals surface area contributed by atoms with Crippen molar-refractivity contribution in [2.75, 3.05) is 43.1 Å². The molecule has 1 aliphatic rings. The molecule has 3 rings (SSSR count). The van der Waals surface area contributed by atoms with Gasteiger partial charge in [0.15, 0.2) is 5.58 Å². The fraction of sp³-hybridized carbons (Fsp3) is 0.500. The van der Waals surface area contributed by atoms with Gasteiger partial charge in [0.1, 0.15) is 5.52 Å². The largest absolute Gasteiger partial charge is 0.423 e. The molecule has 7 heteroatoms. The highest BCUT2D eigenvalue weighted by atomic mass is 32.2. The first-order valence-corrected chi connectivity index (χ1v) is 9.22. The lowest BCUT2D eigenvalue weighted by Crippen LogP contribution is -2.53. The summed E-state index contributed by atoms with van der Waals surface area (Å²) in [5.74, 6) is 0.965. The maximum atomic E-state index is 12.3. The zero-order valence-electron chi connectivity index (χ0n) is 13.3. The number of oxazole rings is 1. The van der Waals surface area contributed by atoms with Gasteiger partial charge in [0.05, 0.1) is 6.04 Å². The zero-order valence-corrected chi connectivity index (χ0v) is 14.1. The van der Waals surface area contributed by atoms with Crippen molar-refractivity contribution < 1.29 is 9.21 Å². The summed E-state index contributed by atoms with van der Waals surface area (Å²) < 4.78 is 5.79. The average molecular weight is 334 g/mol. The van der Waals surface area contributed by atoms with Crippen LogP contribution in [0.3, 0.4) is 0 Å². The molecular formula is C16H22N4O2S. The van der Waals surface area contributed by atoms with Gasteiger partial charge in [-0.3, -0.25) is 4.79 Å². The smallest absolute Gasteiger partial charge is 0.298 e. The molecule has 1 aliphatic heterocycles. The number of hydrogen-bond acceptors (Lipinski definition) is 6. The second-order valence-electron chi connectivity index (χ2n) is 5.66. The second kappa shape index (κ2) is 7.23. The number of piperazine rings is 1. The lowest BCUT2D eigenvalue weighted by molar-refractivity contribution is -0.132. The number of fused-ring (bicyclic) bond motifs is 1. The Balaban J connectivity index is 1.58. The molecule has 1 aromatic carbocycles. The molecule has 0 bridgehead atoms. The van der Waals surface area contributed by atoms with E-state index in [4.69, 9.17) is 10.2 Å². The van der Waals surface area contributed by atoms with Gasteiger partial charge in [0.25, 0.3) is 6.01 Å². The highest BCUT2D eigenvalue weighted by molar-refractivity contribution is 7.98. The van der Waals surface area contributed by atoms with Gasteiger partial charge in [0.2, 0.25) is 5.91 Å². The summed E-state index contributed by atoms with van der Waals surface area (Å²) in [6, 6.07) is 7.97. The monoisotopic (exact) mass is 334 g/mol. The number of carbonyl (C=O) groups excluding carboxylic acids is 1. The number of rotatable bonds is 5. The number of anilines is 1. The fourth-order valence-corrected chi connectivity index (χ4v) is 3.21. The first-order valence-electron chi connectivity index (χ1n) is 7.83. The predicted octanol–water partition coefficient (Wildman–Crippen LogP) is 1.56. The first-order chi connectivity index (χ1) is 11.2. The molecular weight excluding hydrogens is 312 g/mol. The SMILES string of the molecule is CSCC[C@H](N)C(=O)N1CCN(c2nc3ccccc3o2)CC1. The van der Waals surface area contributed by atoms with E-state index in [1.54, 1.807) is 11.8 Å². The Morgan fingerprint density at radius 3 is 2.78 bits per heavy atom. The minimum absolute atomic E-state index is 0.0521. The Bertz CT molecular complexity index is 634. The molecule has 23 heavy (non-hydrogen) atoms. The summed E-state index contributed by atoms with van der Waals surface area (Å²) >= 11 is 1.71. The van der Waals surface area contributed by atoms with E-state index in [2.05, 4.69) is 9.88 Å². The fourth-order valence-electron chi connectivity index (χ4n) is 2.72. The molecule has 1 fully saturated rings. The normalized spacial score (nSPS) is 16.8. The van der Waals surface area contributed by atoms with E-state index < -0.39 is 6.04 Å². The van der Waals surface area contributed by atoms with E-state index in [0.717, 1.165) is 23.3 Å². The average Bonchev–Trinajstić information content (AvgIpc) is 3.03. The van der Waals surface area contributed by atoms with Gasteiger partial charge in [-0.2, -0.15) is 16.7 Å². The molecule has 0 radical (unpaired) electrons. The second-order valence-corrected chi connectivity index (χ2v) is 6.65. The van der Waals surface area contributed by atoms with Crippen LogP contribution in [0.15, 0.2) is 28.7 Å². The summed E-state index contributed by atoms with van der Waals surface area (Å²) in [6.45, 7) is 2.75. The van der Waals surface area contributed by atoms with Crippen molar-refractivity contribution in [1.82, 2.24) is 9.88 Å². The van der Waals surface area contributed by atoms with Gasteiger partial charge >= 0.3 is 0 Å². The highest BCUT2D eigenvalue weighted by Crippen LogP contribution is 2.22. The van der Waals surface area contributed by atoms with Crippen LogP contribution in [0.2, 0.25) is 0 Å². The molecule has 1 saturated heterocycles. The molecule has 0 spiro atoms. The lowest BCUT2D eigenvalue weighted by atomic mass is 10.2. The number of amides is 1. The van der Waals surface area contributed by atoms with E-state index in [0.29, 0.717) is 32.2 Å². The number of carbonyl (C=O) groups is 1. The van der Waals surface area contributed by atoms with Crippen molar-refractivity contribution in [1.29, 1.82) is 0 Å². The summed E-state index contributed by atoms with van der Waals surface area (Å²) in [5, 5.41) is 0. The van der Waals surface area contributed by atoms with Crippen LogP contribution >= 0.6 is 11.8 Å². The van der Waals surface area contributed by atoms with E-state index >= 15 is 0 Å². The molecule has 2 heterocycles. The number of nitrogens with zero attached hydrogens (tertiary/aromatic N) is 3. The number of hydrogen-bond donors (Lipinski definition) is 1. The summed E-state index contributed by atoms with van der Waals surface area (Å²) in [7, 11) is 0. The highest BCUT2D eigenvalue weighted by Gasteiger charge is 2.26. The molecule has 0 unspecified atom stereocenters. The van der Waals surface area contributed by atoms with Gasteiger partial charge in [-0.25, -0.2) is 0 Å². The molecule has 0 saturated carbocycles. The van der Waals surface area contributed by atoms with Crippen LogP contribution in [0.25, 0.3) is 11.1 Å². The van der Waals surface area contributed by atoms with E-state index in [9.17, 15) is 4.79 Å². The van der Waals surface area contributed by atoms with Gasteiger partial charge in [-0.1, -0.05) is 12.1 Å². The molecule has 2 aromatic rings. The number of nitrogens with two attached hydrogens (primary N) is 1. The molecule has 1 atom stereocenters. The van der Waals surface area contributed by atoms with Crippen LogP contribution in [0, 0.1) is 0 Å². The van der Waals surface area contributed by atoms with Gasteiger partial charge in [-0.15, -0.1) is 0 Å². The summed E-state index contributed by atoms with van der Waals surface area (Å²) in [6.07, 6.45) is 2.75. The third-order valence-electron chi connectivity index (χ3n) is 4.09.